The van der Waals surface area contributed by atoms with Crippen LogP contribution in [-0.4, -0.2) is 18.4 Å². The first-order chi connectivity index (χ1) is 9.95. The van der Waals surface area contributed by atoms with E-state index in [0.29, 0.717) is 14.5 Å². The van der Waals surface area contributed by atoms with Crippen LogP contribution in [0.1, 0.15) is 0 Å². The number of hydrogen-bond acceptors (Lipinski definition) is 3. The van der Waals surface area contributed by atoms with Crippen LogP contribution in [0.25, 0.3) is 11.0 Å². The van der Waals surface area contributed by atoms with Gasteiger partial charge in [0.25, 0.3) is 10.0 Å². The first-order valence-electron chi connectivity index (χ1n) is 5.88. The smallest absolute Gasteiger partial charge is 0.265 e. The van der Waals surface area contributed by atoms with Crippen molar-refractivity contribution in [2.24, 2.45) is 0 Å². The third-order valence-electron chi connectivity index (χ3n) is 2.80. The van der Waals surface area contributed by atoms with E-state index < -0.39 is 10.0 Å². The lowest BCUT2D eigenvalue weighted by molar-refractivity contribution is 0.600. The molecule has 0 radical (unpaired) electrons. The van der Waals surface area contributed by atoms with Gasteiger partial charge in [0.1, 0.15) is 4.90 Å². The Labute approximate surface area is 138 Å². The van der Waals surface area contributed by atoms with Gasteiger partial charge in [-0.3, -0.25) is 0 Å². The standard InChI is InChI=1S/C13H9Br2N3O2S/c14-8-5-6-9(15)12(7-8)21(19,20)18-13-16-10-3-1-2-4-11(10)17-13/h1-7H,(H2,16,17,18). The zero-order chi connectivity index (χ0) is 15.0. The van der Waals surface area contributed by atoms with Crippen molar-refractivity contribution in [1.82, 2.24) is 9.97 Å². The van der Waals surface area contributed by atoms with Crippen LogP contribution in [0.2, 0.25) is 0 Å². The monoisotopic (exact) mass is 429 g/mol. The molecule has 108 valence electrons. The van der Waals surface area contributed by atoms with Gasteiger partial charge in [-0.1, -0.05) is 28.1 Å². The lowest BCUT2D eigenvalue weighted by Crippen LogP contribution is -2.14. The molecular formula is C13H9Br2N3O2S. The first-order valence-corrected chi connectivity index (χ1v) is 8.95. The minimum atomic E-state index is -3.73. The number of hydrogen-bond donors (Lipinski definition) is 2. The second-order valence-corrected chi connectivity index (χ2v) is 7.70. The molecule has 0 spiro atoms. The van der Waals surface area contributed by atoms with Gasteiger partial charge in [0.2, 0.25) is 5.95 Å². The third-order valence-corrected chi connectivity index (χ3v) is 5.63. The van der Waals surface area contributed by atoms with Gasteiger partial charge in [-0.15, -0.1) is 0 Å². The van der Waals surface area contributed by atoms with Gasteiger partial charge in [0.15, 0.2) is 0 Å². The Bertz CT molecular complexity index is 889. The topological polar surface area (TPSA) is 74.8 Å². The molecular weight excluding hydrogens is 422 g/mol. The number of nitrogens with zero attached hydrogens (tertiary/aromatic N) is 1. The molecule has 2 aromatic carbocycles. The van der Waals surface area contributed by atoms with Gasteiger partial charge in [-0.05, 0) is 46.3 Å². The molecule has 0 unspecified atom stereocenters. The normalized spacial score (nSPS) is 11.7. The molecule has 0 amide bonds. The van der Waals surface area contributed by atoms with Gasteiger partial charge < -0.3 is 4.98 Å². The van der Waals surface area contributed by atoms with Crippen LogP contribution in [0.4, 0.5) is 5.95 Å². The Hall–Kier alpha value is -1.38. The van der Waals surface area contributed by atoms with E-state index in [2.05, 4.69) is 46.5 Å². The summed E-state index contributed by atoms with van der Waals surface area (Å²) in [6, 6.07) is 12.3. The summed E-state index contributed by atoms with van der Waals surface area (Å²) in [4.78, 5) is 7.27. The Balaban J connectivity index is 2.01. The highest BCUT2D eigenvalue weighted by atomic mass is 79.9. The fraction of sp³-hybridized carbons (Fsp3) is 0. The van der Waals surface area contributed by atoms with Crippen LogP contribution in [0, 0.1) is 0 Å². The van der Waals surface area contributed by atoms with Crippen molar-refractivity contribution >= 4 is 58.9 Å². The van der Waals surface area contributed by atoms with E-state index in [1.54, 1.807) is 18.2 Å². The number of fused-ring (bicyclic) bond motifs is 1. The highest BCUT2D eigenvalue weighted by molar-refractivity contribution is 9.11. The lowest BCUT2D eigenvalue weighted by Gasteiger charge is -2.07. The van der Waals surface area contributed by atoms with E-state index in [0.717, 1.165) is 5.52 Å². The van der Waals surface area contributed by atoms with E-state index in [1.165, 1.54) is 6.07 Å². The molecule has 1 heterocycles. The number of halogens is 2. The van der Waals surface area contributed by atoms with E-state index in [9.17, 15) is 8.42 Å². The molecule has 0 saturated carbocycles. The predicted octanol–water partition coefficient (Wildman–Crippen LogP) is 3.89. The Morgan fingerprint density at radius 2 is 1.86 bits per heavy atom. The molecule has 3 aromatic rings. The minimum absolute atomic E-state index is 0.136. The molecule has 0 fully saturated rings. The van der Waals surface area contributed by atoms with Crippen LogP contribution in [0.15, 0.2) is 56.3 Å². The summed E-state index contributed by atoms with van der Waals surface area (Å²) in [6.45, 7) is 0. The molecule has 21 heavy (non-hydrogen) atoms. The highest BCUT2D eigenvalue weighted by Gasteiger charge is 2.19. The van der Waals surface area contributed by atoms with Crippen molar-refractivity contribution in [1.29, 1.82) is 0 Å². The molecule has 0 aliphatic heterocycles. The van der Waals surface area contributed by atoms with Gasteiger partial charge in [0, 0.05) is 8.95 Å². The number of rotatable bonds is 3. The SMILES string of the molecule is O=S(=O)(Nc1nc2ccccc2[nH]1)c1cc(Br)ccc1Br. The average molecular weight is 431 g/mol. The fourth-order valence-corrected chi connectivity index (χ4v) is 4.33. The molecule has 0 aliphatic rings. The van der Waals surface area contributed by atoms with Gasteiger partial charge in [-0.25, -0.2) is 18.1 Å². The van der Waals surface area contributed by atoms with Crippen molar-refractivity contribution in [2.45, 2.75) is 4.90 Å². The summed E-state index contributed by atoms with van der Waals surface area (Å²) in [7, 11) is -3.73. The van der Waals surface area contributed by atoms with E-state index in [1.807, 2.05) is 18.2 Å². The maximum Gasteiger partial charge on any atom is 0.265 e. The molecule has 5 nitrogen and oxygen atoms in total. The van der Waals surface area contributed by atoms with Crippen LogP contribution in [-0.2, 0) is 10.0 Å². The number of benzene rings is 2. The van der Waals surface area contributed by atoms with Crippen molar-refractivity contribution < 1.29 is 8.42 Å². The van der Waals surface area contributed by atoms with Crippen molar-refractivity contribution in [2.75, 3.05) is 4.72 Å². The largest absolute Gasteiger partial charge is 0.323 e. The summed E-state index contributed by atoms with van der Waals surface area (Å²) >= 11 is 6.51. The molecule has 0 saturated heterocycles. The molecule has 0 bridgehead atoms. The first kappa shape index (κ1) is 14.6. The van der Waals surface area contributed by atoms with Gasteiger partial charge >= 0.3 is 0 Å². The average Bonchev–Trinajstić information content (AvgIpc) is 2.82. The lowest BCUT2D eigenvalue weighted by atomic mass is 10.3. The summed E-state index contributed by atoms with van der Waals surface area (Å²) in [6.07, 6.45) is 0. The number of nitrogens with one attached hydrogen (secondary N) is 2. The van der Waals surface area contributed by atoms with Crippen LogP contribution in [0.5, 0.6) is 0 Å². The molecule has 8 heteroatoms. The maximum absolute atomic E-state index is 12.4. The summed E-state index contributed by atoms with van der Waals surface area (Å²) < 4.78 is 28.5. The van der Waals surface area contributed by atoms with Crippen molar-refractivity contribution in [3.05, 3.63) is 51.4 Å². The Morgan fingerprint density at radius 1 is 1.10 bits per heavy atom. The predicted molar refractivity (Wildman–Crippen MR) is 88.7 cm³/mol. The number of para-hydroxylation sites is 2. The second kappa shape index (κ2) is 5.43. The van der Waals surface area contributed by atoms with Gasteiger partial charge in [-0.2, -0.15) is 0 Å². The van der Waals surface area contributed by atoms with Crippen LogP contribution in [0.3, 0.4) is 0 Å². The number of imidazole rings is 1. The molecule has 3 rings (SSSR count). The van der Waals surface area contributed by atoms with Crippen molar-refractivity contribution in [3.8, 4) is 0 Å². The fourth-order valence-electron chi connectivity index (χ4n) is 1.87. The van der Waals surface area contributed by atoms with Crippen LogP contribution >= 0.6 is 31.9 Å². The summed E-state index contributed by atoms with van der Waals surface area (Å²) in [5, 5.41) is 0. The quantitative estimate of drug-likeness (QED) is 0.661. The Kier molecular flexibility index (Phi) is 3.76. The summed E-state index contributed by atoms with van der Waals surface area (Å²) in [5.41, 5.74) is 1.46. The summed E-state index contributed by atoms with van der Waals surface area (Å²) in [5.74, 6) is 0.183. The highest BCUT2D eigenvalue weighted by Crippen LogP contribution is 2.27. The van der Waals surface area contributed by atoms with E-state index >= 15 is 0 Å². The molecule has 2 N–H and O–H groups in total. The third kappa shape index (κ3) is 2.97. The Morgan fingerprint density at radius 3 is 2.62 bits per heavy atom. The van der Waals surface area contributed by atoms with Crippen molar-refractivity contribution in [3.63, 3.8) is 0 Å². The minimum Gasteiger partial charge on any atom is -0.323 e. The second-order valence-electron chi connectivity index (χ2n) is 4.28. The number of aromatic amines is 1. The zero-order valence-electron chi connectivity index (χ0n) is 10.5. The maximum atomic E-state index is 12.4. The van der Waals surface area contributed by atoms with Crippen LogP contribution < -0.4 is 4.72 Å². The number of anilines is 1. The van der Waals surface area contributed by atoms with Gasteiger partial charge in [0.05, 0.1) is 11.0 Å². The number of H-pyrrole nitrogens is 1. The van der Waals surface area contributed by atoms with E-state index in [-0.39, 0.29) is 10.8 Å². The molecule has 1 aromatic heterocycles. The molecule has 0 aliphatic carbocycles. The number of aromatic nitrogens is 2. The number of sulfonamides is 1. The molecule has 0 atom stereocenters. The van der Waals surface area contributed by atoms with E-state index in [4.69, 9.17) is 0 Å². The zero-order valence-corrected chi connectivity index (χ0v) is 14.5.